The van der Waals surface area contributed by atoms with Gasteiger partial charge in [0.1, 0.15) is 5.54 Å². The summed E-state index contributed by atoms with van der Waals surface area (Å²) in [6, 6.07) is 0. The van der Waals surface area contributed by atoms with E-state index in [4.69, 9.17) is 5.73 Å². The molecule has 4 heteroatoms. The average molecular weight is 170 g/mol. The zero-order chi connectivity index (χ0) is 9.57. The molecule has 0 bridgehead atoms. The molecule has 1 heterocycles. The second-order valence-electron chi connectivity index (χ2n) is 4.10. The van der Waals surface area contributed by atoms with Crippen LogP contribution in [0.3, 0.4) is 0 Å². The van der Waals surface area contributed by atoms with Gasteiger partial charge in [0.05, 0.1) is 0 Å². The third kappa shape index (κ3) is 0.983. The first kappa shape index (κ1) is 9.03. The lowest BCUT2D eigenvalue weighted by Gasteiger charge is -2.33. The number of nitrogens with two attached hydrogens (primary N) is 1. The fourth-order valence-corrected chi connectivity index (χ4v) is 1.47. The molecule has 1 aliphatic rings. The van der Waals surface area contributed by atoms with E-state index < -0.39 is 16.9 Å². The highest BCUT2D eigenvalue weighted by atomic mass is 16.2. The van der Waals surface area contributed by atoms with E-state index >= 15 is 0 Å². The average Bonchev–Trinajstić information content (AvgIpc) is 2.02. The zero-order valence-electron chi connectivity index (χ0n) is 7.60. The van der Waals surface area contributed by atoms with E-state index in [0.717, 1.165) is 0 Å². The van der Waals surface area contributed by atoms with Crippen molar-refractivity contribution in [2.24, 2.45) is 11.1 Å². The summed E-state index contributed by atoms with van der Waals surface area (Å²) in [5.74, 6) is -0.584. The minimum Gasteiger partial charge on any atom is -0.368 e. The van der Waals surface area contributed by atoms with Gasteiger partial charge < -0.3 is 11.1 Å². The molecule has 0 radical (unpaired) electrons. The molecular formula is C8H14N2O2. The van der Waals surface area contributed by atoms with Gasteiger partial charge in [-0.05, 0) is 6.92 Å². The van der Waals surface area contributed by atoms with Gasteiger partial charge in [0.15, 0.2) is 0 Å². The van der Waals surface area contributed by atoms with Gasteiger partial charge in [-0.2, -0.15) is 0 Å². The van der Waals surface area contributed by atoms with Gasteiger partial charge >= 0.3 is 0 Å². The third-order valence-electron chi connectivity index (χ3n) is 2.84. The highest BCUT2D eigenvalue weighted by Gasteiger charge is 2.53. The predicted octanol–water partition coefficient (Wildman–Crippen LogP) is -0.223. The van der Waals surface area contributed by atoms with Gasteiger partial charge in [-0.3, -0.25) is 9.59 Å². The molecule has 0 spiro atoms. The molecule has 4 nitrogen and oxygen atoms in total. The lowest BCUT2D eigenvalue weighted by molar-refractivity contribution is -0.128. The Morgan fingerprint density at radius 3 is 2.17 bits per heavy atom. The highest BCUT2D eigenvalue weighted by Crippen LogP contribution is 2.38. The summed E-state index contributed by atoms with van der Waals surface area (Å²) in [5, 5.41) is 2.61. The molecule has 0 aliphatic carbocycles. The Balaban J connectivity index is 3.05. The van der Waals surface area contributed by atoms with Crippen LogP contribution in [0.5, 0.6) is 0 Å². The Labute approximate surface area is 71.5 Å². The lowest BCUT2D eigenvalue weighted by Crippen LogP contribution is -2.57. The Hall–Kier alpha value is -1.06. The Morgan fingerprint density at radius 2 is 2.00 bits per heavy atom. The van der Waals surface area contributed by atoms with Crippen molar-refractivity contribution in [3.05, 3.63) is 0 Å². The molecule has 68 valence electrons. The van der Waals surface area contributed by atoms with E-state index in [1.54, 1.807) is 6.92 Å². The lowest BCUT2D eigenvalue weighted by atomic mass is 9.74. The van der Waals surface area contributed by atoms with Crippen LogP contribution in [0.25, 0.3) is 0 Å². The van der Waals surface area contributed by atoms with E-state index in [-0.39, 0.29) is 5.91 Å². The first-order valence-corrected chi connectivity index (χ1v) is 3.90. The molecule has 1 rings (SSSR count). The number of hydrogen-bond donors (Lipinski definition) is 2. The summed E-state index contributed by atoms with van der Waals surface area (Å²) >= 11 is 0. The normalized spacial score (nSPS) is 33.1. The van der Waals surface area contributed by atoms with Crippen molar-refractivity contribution in [2.75, 3.05) is 0 Å². The molecule has 1 saturated heterocycles. The predicted molar refractivity (Wildman–Crippen MR) is 44.1 cm³/mol. The Kier molecular flexibility index (Phi) is 1.67. The molecule has 1 unspecified atom stereocenters. The van der Waals surface area contributed by atoms with Crippen molar-refractivity contribution in [2.45, 2.75) is 32.7 Å². The number of primary amides is 1. The zero-order valence-corrected chi connectivity index (χ0v) is 7.60. The molecular weight excluding hydrogens is 156 g/mol. The van der Waals surface area contributed by atoms with Crippen LogP contribution in [-0.4, -0.2) is 17.4 Å². The fraction of sp³-hybridized carbons (Fsp3) is 0.750. The molecule has 0 aromatic heterocycles. The number of rotatable bonds is 1. The van der Waals surface area contributed by atoms with Crippen LogP contribution in [0.2, 0.25) is 0 Å². The minimum absolute atomic E-state index is 0.110. The van der Waals surface area contributed by atoms with Gasteiger partial charge in [0.25, 0.3) is 0 Å². The molecule has 1 fully saturated rings. The quantitative estimate of drug-likeness (QED) is 0.571. The van der Waals surface area contributed by atoms with E-state index in [2.05, 4.69) is 5.32 Å². The summed E-state index contributed by atoms with van der Waals surface area (Å²) in [7, 11) is 0. The van der Waals surface area contributed by atoms with Crippen LogP contribution in [-0.2, 0) is 9.59 Å². The van der Waals surface area contributed by atoms with Gasteiger partial charge in [-0.15, -0.1) is 0 Å². The largest absolute Gasteiger partial charge is 0.368 e. The van der Waals surface area contributed by atoms with Crippen molar-refractivity contribution in [1.29, 1.82) is 0 Å². The van der Waals surface area contributed by atoms with Crippen molar-refractivity contribution in [3.63, 3.8) is 0 Å². The van der Waals surface area contributed by atoms with E-state index in [1.165, 1.54) is 0 Å². The summed E-state index contributed by atoms with van der Waals surface area (Å²) in [6.45, 7) is 5.38. The summed E-state index contributed by atoms with van der Waals surface area (Å²) in [5.41, 5.74) is 3.92. The number of carbonyl (C=O) groups is 2. The topological polar surface area (TPSA) is 72.2 Å². The molecule has 1 atom stereocenters. The van der Waals surface area contributed by atoms with E-state index in [1.807, 2.05) is 13.8 Å². The van der Waals surface area contributed by atoms with Crippen LogP contribution in [0, 0.1) is 5.41 Å². The Morgan fingerprint density at radius 1 is 1.50 bits per heavy atom. The second kappa shape index (κ2) is 2.21. The monoisotopic (exact) mass is 170 g/mol. The summed E-state index contributed by atoms with van der Waals surface area (Å²) in [6.07, 6.45) is 0.354. The smallest absolute Gasteiger partial charge is 0.243 e. The maximum absolute atomic E-state index is 11.1. The third-order valence-corrected chi connectivity index (χ3v) is 2.84. The van der Waals surface area contributed by atoms with Crippen LogP contribution < -0.4 is 11.1 Å². The standard InChI is InChI=1S/C8H14N2O2/c1-7(2)4-5(11)10-8(7,3)6(9)12/h4H2,1-3H3,(H2,9,12)(H,10,11). The maximum atomic E-state index is 11.1. The summed E-state index contributed by atoms with van der Waals surface area (Å²) in [4.78, 5) is 22.2. The number of hydrogen-bond acceptors (Lipinski definition) is 2. The molecule has 3 N–H and O–H groups in total. The molecule has 1 aliphatic heterocycles. The fourth-order valence-electron chi connectivity index (χ4n) is 1.47. The van der Waals surface area contributed by atoms with E-state index in [0.29, 0.717) is 6.42 Å². The Bertz CT molecular complexity index is 247. The maximum Gasteiger partial charge on any atom is 0.243 e. The van der Waals surface area contributed by atoms with E-state index in [9.17, 15) is 9.59 Å². The van der Waals surface area contributed by atoms with Crippen LogP contribution >= 0.6 is 0 Å². The molecule has 0 aromatic carbocycles. The molecule has 0 saturated carbocycles. The molecule has 2 amide bonds. The van der Waals surface area contributed by atoms with Crippen molar-refractivity contribution < 1.29 is 9.59 Å². The van der Waals surface area contributed by atoms with Gasteiger partial charge in [-0.25, -0.2) is 0 Å². The van der Waals surface area contributed by atoms with Crippen molar-refractivity contribution >= 4 is 11.8 Å². The molecule has 12 heavy (non-hydrogen) atoms. The van der Waals surface area contributed by atoms with Crippen molar-refractivity contribution in [3.8, 4) is 0 Å². The summed E-state index contributed by atoms with van der Waals surface area (Å²) < 4.78 is 0. The van der Waals surface area contributed by atoms with Crippen LogP contribution in [0.15, 0.2) is 0 Å². The second-order valence-corrected chi connectivity index (χ2v) is 4.10. The first-order chi connectivity index (χ1) is 5.29. The van der Waals surface area contributed by atoms with Gasteiger partial charge in [0.2, 0.25) is 11.8 Å². The van der Waals surface area contributed by atoms with Gasteiger partial charge in [-0.1, -0.05) is 13.8 Å². The SMILES string of the molecule is CC1(C)CC(=O)NC1(C)C(N)=O. The van der Waals surface area contributed by atoms with Crippen LogP contribution in [0.4, 0.5) is 0 Å². The number of nitrogens with one attached hydrogen (secondary N) is 1. The molecule has 0 aromatic rings. The number of amides is 2. The highest BCUT2D eigenvalue weighted by molar-refractivity contribution is 5.94. The first-order valence-electron chi connectivity index (χ1n) is 3.90. The van der Waals surface area contributed by atoms with Gasteiger partial charge in [0, 0.05) is 11.8 Å². The van der Waals surface area contributed by atoms with Crippen molar-refractivity contribution in [1.82, 2.24) is 5.32 Å². The number of carbonyl (C=O) groups excluding carboxylic acids is 2. The van der Waals surface area contributed by atoms with Crippen LogP contribution in [0.1, 0.15) is 27.2 Å². The minimum atomic E-state index is -0.899.